The topological polar surface area (TPSA) is 44.9 Å². The molecule has 0 amide bonds. The maximum absolute atomic E-state index is 12.9. The van der Waals surface area contributed by atoms with Gasteiger partial charge in [0.05, 0.1) is 0 Å². The number of halogens is 2. The second-order valence-electron chi connectivity index (χ2n) is 5.87. The van der Waals surface area contributed by atoms with Crippen LogP contribution in [-0.4, -0.2) is 43.6 Å². The summed E-state index contributed by atoms with van der Waals surface area (Å²) in [5, 5.41) is 0. The minimum Gasteiger partial charge on any atom is -0.370 e. The quantitative estimate of drug-likeness (QED) is 0.463. The molecule has 0 bridgehead atoms. The first kappa shape index (κ1) is 19.0. The van der Waals surface area contributed by atoms with Crippen molar-refractivity contribution >= 4 is 35.6 Å². The molecular weight excluding hydrogens is 394 g/mol. The van der Waals surface area contributed by atoms with Crippen molar-refractivity contribution in [1.29, 1.82) is 0 Å². The number of hydrogen-bond donors (Lipinski definition) is 1. The molecule has 0 saturated carbocycles. The lowest BCUT2D eigenvalue weighted by atomic mass is 10.1. The molecule has 1 fully saturated rings. The summed E-state index contributed by atoms with van der Waals surface area (Å²) in [4.78, 5) is 8.82. The van der Waals surface area contributed by atoms with Gasteiger partial charge in [0.2, 0.25) is 0 Å². The summed E-state index contributed by atoms with van der Waals surface area (Å²) >= 11 is 0. The van der Waals surface area contributed by atoms with Gasteiger partial charge in [-0.05, 0) is 36.6 Å². The van der Waals surface area contributed by atoms with Gasteiger partial charge in [-0.25, -0.2) is 4.39 Å². The average molecular weight is 420 g/mol. The highest BCUT2D eigenvalue weighted by Crippen LogP contribution is 2.16. The van der Waals surface area contributed by atoms with E-state index in [2.05, 4.69) is 28.6 Å². The molecule has 1 aromatic carbocycles. The molecule has 0 spiro atoms. The highest BCUT2D eigenvalue weighted by atomic mass is 127. The second-order valence-corrected chi connectivity index (χ2v) is 5.87. The zero-order valence-electron chi connectivity index (χ0n) is 13.3. The monoisotopic (exact) mass is 420 g/mol. The highest BCUT2D eigenvalue weighted by Gasteiger charge is 2.18. The van der Waals surface area contributed by atoms with Gasteiger partial charge in [-0.2, -0.15) is 0 Å². The maximum atomic E-state index is 12.9. The number of anilines is 1. The predicted molar refractivity (Wildman–Crippen MR) is 102 cm³/mol. The van der Waals surface area contributed by atoms with Crippen LogP contribution in [-0.2, 0) is 0 Å². The van der Waals surface area contributed by atoms with E-state index in [9.17, 15) is 4.39 Å². The van der Waals surface area contributed by atoms with Crippen LogP contribution < -0.4 is 10.6 Å². The van der Waals surface area contributed by atoms with Crippen molar-refractivity contribution in [2.45, 2.75) is 20.3 Å². The normalized spacial score (nSPS) is 15.9. The fraction of sp³-hybridized carbons (Fsp3) is 0.562. The maximum Gasteiger partial charge on any atom is 0.191 e. The van der Waals surface area contributed by atoms with Crippen molar-refractivity contribution in [1.82, 2.24) is 4.90 Å². The molecule has 1 aliphatic rings. The first-order chi connectivity index (χ1) is 10.1. The van der Waals surface area contributed by atoms with Crippen molar-refractivity contribution in [2.75, 3.05) is 37.6 Å². The summed E-state index contributed by atoms with van der Waals surface area (Å²) in [6.45, 7) is 8.64. The Balaban J connectivity index is 0.00000242. The largest absolute Gasteiger partial charge is 0.370 e. The number of guanidine groups is 1. The minimum atomic E-state index is -0.195. The fourth-order valence-corrected chi connectivity index (χ4v) is 2.38. The molecule has 124 valence electrons. The molecule has 0 aliphatic carbocycles. The van der Waals surface area contributed by atoms with E-state index in [1.165, 1.54) is 12.1 Å². The van der Waals surface area contributed by atoms with Crippen LogP contribution in [0.4, 0.5) is 10.1 Å². The van der Waals surface area contributed by atoms with Crippen molar-refractivity contribution in [3.8, 4) is 0 Å². The number of rotatable bonds is 4. The van der Waals surface area contributed by atoms with Crippen molar-refractivity contribution < 1.29 is 4.39 Å². The van der Waals surface area contributed by atoms with E-state index in [0.717, 1.165) is 44.8 Å². The number of aliphatic imine (C=N–C) groups is 1. The standard InChI is InChI=1S/C16H25FN4.HI/c1-13(2)7-8-19-16(18)21-11-9-20(10-12-21)15-5-3-14(17)4-6-15;/h3-6,13H,7-12H2,1-2H3,(H2,18,19);1H. The Kier molecular flexibility index (Phi) is 7.92. The lowest BCUT2D eigenvalue weighted by molar-refractivity contribution is 0.380. The van der Waals surface area contributed by atoms with Gasteiger partial charge < -0.3 is 15.5 Å². The Hall–Kier alpha value is -1.05. The molecule has 22 heavy (non-hydrogen) atoms. The van der Waals surface area contributed by atoms with Gasteiger partial charge in [0.1, 0.15) is 5.82 Å². The Morgan fingerprint density at radius 3 is 2.32 bits per heavy atom. The number of nitrogens with two attached hydrogens (primary N) is 1. The summed E-state index contributed by atoms with van der Waals surface area (Å²) in [6.07, 6.45) is 1.07. The lowest BCUT2D eigenvalue weighted by Crippen LogP contribution is -2.51. The van der Waals surface area contributed by atoms with Crippen molar-refractivity contribution in [2.24, 2.45) is 16.6 Å². The lowest BCUT2D eigenvalue weighted by Gasteiger charge is -2.36. The van der Waals surface area contributed by atoms with E-state index in [0.29, 0.717) is 11.9 Å². The van der Waals surface area contributed by atoms with Crippen LogP contribution in [0.25, 0.3) is 0 Å². The van der Waals surface area contributed by atoms with E-state index in [1.54, 1.807) is 0 Å². The van der Waals surface area contributed by atoms with Crippen LogP contribution in [0.2, 0.25) is 0 Å². The van der Waals surface area contributed by atoms with Gasteiger partial charge in [-0.1, -0.05) is 13.8 Å². The molecular formula is C16H26FIN4. The van der Waals surface area contributed by atoms with Crippen LogP contribution >= 0.6 is 24.0 Å². The predicted octanol–water partition coefficient (Wildman–Crippen LogP) is 2.93. The Labute approximate surface area is 149 Å². The molecule has 0 atom stereocenters. The molecule has 4 nitrogen and oxygen atoms in total. The zero-order valence-corrected chi connectivity index (χ0v) is 15.7. The van der Waals surface area contributed by atoms with Crippen LogP contribution in [0.15, 0.2) is 29.3 Å². The molecule has 1 saturated heterocycles. The first-order valence-electron chi connectivity index (χ1n) is 7.61. The minimum absolute atomic E-state index is 0. The molecule has 0 unspecified atom stereocenters. The summed E-state index contributed by atoms with van der Waals surface area (Å²) in [5.74, 6) is 1.10. The third-order valence-electron chi connectivity index (χ3n) is 3.78. The molecule has 1 heterocycles. The van der Waals surface area contributed by atoms with E-state index in [1.807, 2.05) is 12.1 Å². The Morgan fingerprint density at radius 2 is 1.77 bits per heavy atom. The molecule has 0 radical (unpaired) electrons. The van der Waals surface area contributed by atoms with Gasteiger partial charge in [0, 0.05) is 38.4 Å². The first-order valence-corrected chi connectivity index (χ1v) is 7.61. The van der Waals surface area contributed by atoms with E-state index in [4.69, 9.17) is 5.73 Å². The Bertz CT molecular complexity index is 468. The number of hydrogen-bond acceptors (Lipinski definition) is 2. The van der Waals surface area contributed by atoms with Gasteiger partial charge in [-0.3, -0.25) is 4.99 Å². The van der Waals surface area contributed by atoms with Crippen LogP contribution in [0.1, 0.15) is 20.3 Å². The third-order valence-corrected chi connectivity index (χ3v) is 3.78. The molecule has 0 aromatic heterocycles. The summed E-state index contributed by atoms with van der Waals surface area (Å²) in [7, 11) is 0. The number of benzene rings is 1. The molecule has 2 rings (SSSR count). The summed E-state index contributed by atoms with van der Waals surface area (Å²) < 4.78 is 12.9. The zero-order chi connectivity index (χ0) is 15.2. The molecule has 6 heteroatoms. The van der Waals surface area contributed by atoms with Gasteiger partial charge in [-0.15, -0.1) is 24.0 Å². The van der Waals surface area contributed by atoms with E-state index in [-0.39, 0.29) is 29.8 Å². The third kappa shape index (κ3) is 5.62. The van der Waals surface area contributed by atoms with Crippen molar-refractivity contribution in [3.05, 3.63) is 30.1 Å². The SMILES string of the molecule is CC(C)CCN=C(N)N1CCN(c2ccc(F)cc2)CC1.I. The number of piperazine rings is 1. The Morgan fingerprint density at radius 1 is 1.18 bits per heavy atom. The fourth-order valence-electron chi connectivity index (χ4n) is 2.38. The van der Waals surface area contributed by atoms with Gasteiger partial charge in [0.15, 0.2) is 5.96 Å². The average Bonchev–Trinajstić information content (AvgIpc) is 2.48. The highest BCUT2D eigenvalue weighted by molar-refractivity contribution is 14.0. The molecule has 1 aromatic rings. The molecule has 2 N–H and O–H groups in total. The van der Waals surface area contributed by atoms with Gasteiger partial charge >= 0.3 is 0 Å². The van der Waals surface area contributed by atoms with Crippen LogP contribution in [0, 0.1) is 11.7 Å². The number of nitrogens with zero attached hydrogens (tertiary/aromatic N) is 3. The van der Waals surface area contributed by atoms with Crippen LogP contribution in [0.3, 0.4) is 0 Å². The summed E-state index contributed by atoms with van der Waals surface area (Å²) in [5.41, 5.74) is 7.11. The van der Waals surface area contributed by atoms with E-state index >= 15 is 0 Å². The van der Waals surface area contributed by atoms with E-state index < -0.39 is 0 Å². The molecule has 1 aliphatic heterocycles. The van der Waals surface area contributed by atoms with Crippen LogP contribution in [0.5, 0.6) is 0 Å². The van der Waals surface area contributed by atoms with Crippen molar-refractivity contribution in [3.63, 3.8) is 0 Å². The smallest absolute Gasteiger partial charge is 0.191 e. The van der Waals surface area contributed by atoms with Gasteiger partial charge in [0.25, 0.3) is 0 Å². The summed E-state index contributed by atoms with van der Waals surface area (Å²) in [6, 6.07) is 6.66. The second kappa shape index (κ2) is 9.17.